The SMILES string of the molecule is Cc1ccc(C2(C(C)C(=O)O)COC2)c(C)c1C. The van der Waals surface area contributed by atoms with Gasteiger partial charge in [-0.05, 0) is 43.0 Å². The Hall–Kier alpha value is -1.35. The summed E-state index contributed by atoms with van der Waals surface area (Å²) < 4.78 is 5.33. The predicted molar refractivity (Wildman–Crippen MR) is 69.9 cm³/mol. The Bertz CT molecular complexity index is 487. The minimum atomic E-state index is -0.754. The minimum Gasteiger partial charge on any atom is -0.481 e. The topological polar surface area (TPSA) is 46.5 Å². The second-order valence-electron chi connectivity index (χ2n) is 5.39. The van der Waals surface area contributed by atoms with Crippen molar-refractivity contribution in [3.63, 3.8) is 0 Å². The number of aryl methyl sites for hydroxylation is 1. The first-order valence-corrected chi connectivity index (χ1v) is 6.28. The second-order valence-corrected chi connectivity index (χ2v) is 5.39. The summed E-state index contributed by atoms with van der Waals surface area (Å²) in [5.41, 5.74) is 4.47. The van der Waals surface area contributed by atoms with Crippen LogP contribution in [0.2, 0.25) is 0 Å². The number of carboxylic acid groups (broad SMARTS) is 1. The summed E-state index contributed by atoms with van der Waals surface area (Å²) in [4.78, 5) is 11.3. The zero-order valence-corrected chi connectivity index (χ0v) is 11.4. The second kappa shape index (κ2) is 4.39. The summed E-state index contributed by atoms with van der Waals surface area (Å²) in [5.74, 6) is -1.18. The van der Waals surface area contributed by atoms with Gasteiger partial charge >= 0.3 is 5.97 Å². The summed E-state index contributed by atoms with van der Waals surface area (Å²) in [7, 11) is 0. The lowest BCUT2D eigenvalue weighted by Gasteiger charge is -2.46. The van der Waals surface area contributed by atoms with E-state index in [1.807, 2.05) is 0 Å². The van der Waals surface area contributed by atoms with Gasteiger partial charge in [-0.25, -0.2) is 0 Å². The third-order valence-electron chi connectivity index (χ3n) is 4.51. The molecule has 1 fully saturated rings. The summed E-state index contributed by atoms with van der Waals surface area (Å²) in [5, 5.41) is 9.30. The van der Waals surface area contributed by atoms with Gasteiger partial charge in [0.2, 0.25) is 0 Å². The van der Waals surface area contributed by atoms with Crippen molar-refractivity contribution in [1.29, 1.82) is 0 Å². The van der Waals surface area contributed by atoms with Crippen molar-refractivity contribution in [2.75, 3.05) is 13.2 Å². The number of aliphatic carboxylic acids is 1. The van der Waals surface area contributed by atoms with Gasteiger partial charge in [0.25, 0.3) is 0 Å². The van der Waals surface area contributed by atoms with E-state index in [0.29, 0.717) is 13.2 Å². The van der Waals surface area contributed by atoms with Gasteiger partial charge in [0.05, 0.1) is 24.5 Å². The number of hydrogen-bond acceptors (Lipinski definition) is 2. The average molecular weight is 248 g/mol. The van der Waals surface area contributed by atoms with Crippen LogP contribution in [0.1, 0.15) is 29.2 Å². The van der Waals surface area contributed by atoms with Gasteiger partial charge in [0.15, 0.2) is 0 Å². The van der Waals surface area contributed by atoms with Crippen LogP contribution in [0, 0.1) is 26.7 Å². The molecule has 1 saturated heterocycles. The fourth-order valence-corrected chi connectivity index (χ4v) is 2.69. The van der Waals surface area contributed by atoms with E-state index in [1.54, 1.807) is 6.92 Å². The molecule has 1 aromatic rings. The molecule has 0 aliphatic carbocycles. The van der Waals surface area contributed by atoms with Crippen LogP contribution in [0.5, 0.6) is 0 Å². The molecular weight excluding hydrogens is 228 g/mol. The lowest BCUT2D eigenvalue weighted by atomic mass is 9.67. The highest BCUT2D eigenvalue weighted by molar-refractivity contribution is 5.73. The molecule has 3 heteroatoms. The van der Waals surface area contributed by atoms with Crippen LogP contribution in [-0.4, -0.2) is 24.3 Å². The molecule has 0 saturated carbocycles. The molecule has 18 heavy (non-hydrogen) atoms. The van der Waals surface area contributed by atoms with Crippen LogP contribution in [0.4, 0.5) is 0 Å². The standard InChI is InChI=1S/C15H20O3/c1-9-5-6-13(11(3)10(9)2)15(7-18-8-15)12(4)14(16)17/h5-6,12H,7-8H2,1-4H3,(H,16,17). The normalized spacial score (nSPS) is 19.1. The maximum atomic E-state index is 11.3. The number of benzene rings is 1. The van der Waals surface area contributed by atoms with Gasteiger partial charge in [-0.15, -0.1) is 0 Å². The lowest BCUT2D eigenvalue weighted by molar-refractivity contribution is -0.155. The van der Waals surface area contributed by atoms with E-state index in [0.717, 1.165) is 5.56 Å². The van der Waals surface area contributed by atoms with Crippen LogP contribution in [0.25, 0.3) is 0 Å². The largest absolute Gasteiger partial charge is 0.481 e. The first kappa shape index (κ1) is 13.1. The third kappa shape index (κ3) is 1.74. The number of ether oxygens (including phenoxy) is 1. The van der Waals surface area contributed by atoms with Crippen molar-refractivity contribution >= 4 is 5.97 Å². The summed E-state index contributed by atoms with van der Waals surface area (Å²) >= 11 is 0. The Kier molecular flexibility index (Phi) is 3.20. The van der Waals surface area contributed by atoms with Gasteiger partial charge in [-0.1, -0.05) is 19.1 Å². The fourth-order valence-electron chi connectivity index (χ4n) is 2.69. The number of rotatable bonds is 3. The van der Waals surface area contributed by atoms with E-state index >= 15 is 0 Å². The zero-order valence-electron chi connectivity index (χ0n) is 11.4. The molecule has 3 nitrogen and oxygen atoms in total. The van der Waals surface area contributed by atoms with Crippen LogP contribution in [0.3, 0.4) is 0 Å². The molecule has 1 unspecified atom stereocenters. The smallest absolute Gasteiger partial charge is 0.307 e. The Balaban J connectivity index is 2.52. The Morgan fingerprint density at radius 3 is 2.33 bits per heavy atom. The van der Waals surface area contributed by atoms with Gasteiger partial charge in [0, 0.05) is 0 Å². The van der Waals surface area contributed by atoms with Gasteiger partial charge in [-0.3, -0.25) is 4.79 Å². The van der Waals surface area contributed by atoms with Crippen molar-refractivity contribution in [2.24, 2.45) is 5.92 Å². The third-order valence-corrected chi connectivity index (χ3v) is 4.51. The Labute approximate surface area is 108 Å². The molecule has 1 aromatic carbocycles. The van der Waals surface area contributed by atoms with Crippen LogP contribution in [-0.2, 0) is 14.9 Å². The average Bonchev–Trinajstić information content (AvgIpc) is 2.27. The molecule has 1 atom stereocenters. The molecule has 1 heterocycles. The monoisotopic (exact) mass is 248 g/mol. The van der Waals surface area contributed by atoms with Gasteiger partial charge in [0.1, 0.15) is 0 Å². The highest BCUT2D eigenvalue weighted by Crippen LogP contribution is 2.42. The molecule has 0 bridgehead atoms. The molecular formula is C15H20O3. The molecule has 1 aliphatic heterocycles. The summed E-state index contributed by atoms with van der Waals surface area (Å²) in [6.45, 7) is 9.03. The zero-order chi connectivity index (χ0) is 13.5. The number of carbonyl (C=O) groups is 1. The molecule has 0 radical (unpaired) electrons. The van der Waals surface area contributed by atoms with Crippen LogP contribution < -0.4 is 0 Å². The first-order valence-electron chi connectivity index (χ1n) is 6.28. The van der Waals surface area contributed by atoms with E-state index in [4.69, 9.17) is 4.74 Å². The van der Waals surface area contributed by atoms with Crippen LogP contribution in [0.15, 0.2) is 12.1 Å². The highest BCUT2D eigenvalue weighted by atomic mass is 16.5. The van der Waals surface area contributed by atoms with Crippen molar-refractivity contribution < 1.29 is 14.6 Å². The van der Waals surface area contributed by atoms with Crippen molar-refractivity contribution in [1.82, 2.24) is 0 Å². The first-order chi connectivity index (χ1) is 8.40. The van der Waals surface area contributed by atoms with E-state index in [-0.39, 0.29) is 5.41 Å². The fraction of sp³-hybridized carbons (Fsp3) is 0.533. The summed E-state index contributed by atoms with van der Waals surface area (Å²) in [6, 6.07) is 4.14. The van der Waals surface area contributed by atoms with Gasteiger partial charge in [-0.2, -0.15) is 0 Å². The minimum absolute atomic E-state index is 0.353. The molecule has 98 valence electrons. The van der Waals surface area contributed by atoms with E-state index < -0.39 is 11.9 Å². The van der Waals surface area contributed by atoms with E-state index in [2.05, 4.69) is 32.9 Å². The summed E-state index contributed by atoms with van der Waals surface area (Å²) in [6.07, 6.45) is 0. The van der Waals surface area contributed by atoms with Crippen molar-refractivity contribution in [2.45, 2.75) is 33.1 Å². The Morgan fingerprint density at radius 2 is 1.89 bits per heavy atom. The molecule has 0 amide bonds. The predicted octanol–water partition coefficient (Wildman–Crippen LogP) is 2.60. The van der Waals surface area contributed by atoms with Crippen LogP contribution >= 0.6 is 0 Å². The molecule has 1 aliphatic rings. The highest BCUT2D eigenvalue weighted by Gasteiger charge is 2.49. The van der Waals surface area contributed by atoms with Crippen molar-refractivity contribution in [3.05, 3.63) is 34.4 Å². The lowest BCUT2D eigenvalue weighted by Crippen LogP contribution is -2.54. The number of carboxylic acids is 1. The van der Waals surface area contributed by atoms with Gasteiger partial charge < -0.3 is 9.84 Å². The maximum absolute atomic E-state index is 11.3. The number of hydrogen-bond donors (Lipinski definition) is 1. The molecule has 2 rings (SSSR count). The van der Waals surface area contributed by atoms with E-state index in [9.17, 15) is 9.90 Å². The molecule has 1 N–H and O–H groups in total. The quantitative estimate of drug-likeness (QED) is 0.894. The van der Waals surface area contributed by atoms with E-state index in [1.165, 1.54) is 16.7 Å². The Morgan fingerprint density at radius 1 is 1.28 bits per heavy atom. The van der Waals surface area contributed by atoms with Crippen molar-refractivity contribution in [3.8, 4) is 0 Å². The molecule has 0 aromatic heterocycles. The maximum Gasteiger partial charge on any atom is 0.307 e. The molecule has 0 spiro atoms.